The Balaban J connectivity index is 1.47. The van der Waals surface area contributed by atoms with Gasteiger partial charge in [-0.2, -0.15) is 5.11 Å². The van der Waals surface area contributed by atoms with Gasteiger partial charge in [-0.25, -0.2) is 4.90 Å². The van der Waals surface area contributed by atoms with Crippen molar-refractivity contribution in [3.8, 4) is 0 Å². The second-order valence-corrected chi connectivity index (χ2v) is 7.64. The molecule has 0 bridgehead atoms. The van der Waals surface area contributed by atoms with Gasteiger partial charge in [-0.15, -0.1) is 0 Å². The van der Waals surface area contributed by atoms with E-state index in [-0.39, 0.29) is 12.5 Å². The molecule has 0 radical (unpaired) electrons. The van der Waals surface area contributed by atoms with E-state index in [1.54, 1.807) is 18.2 Å². The Kier molecular flexibility index (Phi) is 5.26. The Morgan fingerprint density at radius 1 is 1.13 bits per heavy atom. The van der Waals surface area contributed by atoms with Gasteiger partial charge >= 0.3 is 0 Å². The lowest BCUT2D eigenvalue weighted by atomic mass is 10.1. The van der Waals surface area contributed by atoms with Crippen LogP contribution < -0.4 is 10.2 Å². The molecule has 0 aliphatic carbocycles. The Morgan fingerprint density at radius 2 is 1.87 bits per heavy atom. The van der Waals surface area contributed by atoms with E-state index in [0.717, 1.165) is 22.4 Å². The average Bonchev–Trinajstić information content (AvgIpc) is 3.24. The monoisotopic (exact) mass is 425 g/mol. The maximum absolute atomic E-state index is 13.0. The number of benzene rings is 2. The highest BCUT2D eigenvalue weighted by atomic mass is 35.5. The minimum absolute atomic E-state index is 0.193. The third-order valence-electron chi connectivity index (χ3n) is 5.22. The SMILES string of the molecule is CCc1ccc(NC(=O)CN2N=N[C@@H]3C(=O)N(c4ccc(C)c(Cl)c4)C(=O)[C@H]32)cc1. The van der Waals surface area contributed by atoms with E-state index < -0.39 is 23.9 Å². The molecule has 2 aromatic rings. The molecular formula is C21H20ClN5O3. The van der Waals surface area contributed by atoms with Crippen molar-refractivity contribution in [3.05, 3.63) is 58.6 Å². The molecule has 2 aliphatic heterocycles. The number of nitrogens with zero attached hydrogens (tertiary/aromatic N) is 4. The highest BCUT2D eigenvalue weighted by molar-refractivity contribution is 6.32. The Bertz CT molecular complexity index is 1050. The maximum atomic E-state index is 13.0. The molecule has 1 saturated heterocycles. The molecule has 0 spiro atoms. The molecule has 0 saturated carbocycles. The fourth-order valence-electron chi connectivity index (χ4n) is 3.50. The van der Waals surface area contributed by atoms with E-state index in [1.807, 2.05) is 31.2 Å². The van der Waals surface area contributed by atoms with Crippen molar-refractivity contribution in [1.29, 1.82) is 0 Å². The van der Waals surface area contributed by atoms with Gasteiger partial charge in [-0.1, -0.05) is 41.9 Å². The Morgan fingerprint density at radius 3 is 2.53 bits per heavy atom. The first-order valence-corrected chi connectivity index (χ1v) is 9.97. The highest BCUT2D eigenvalue weighted by Gasteiger charge is 2.55. The van der Waals surface area contributed by atoms with E-state index in [9.17, 15) is 14.4 Å². The van der Waals surface area contributed by atoms with Gasteiger partial charge in [0.25, 0.3) is 11.8 Å². The van der Waals surface area contributed by atoms with Crippen LogP contribution in [0.1, 0.15) is 18.1 Å². The van der Waals surface area contributed by atoms with Crippen LogP contribution >= 0.6 is 11.6 Å². The largest absolute Gasteiger partial charge is 0.324 e. The minimum atomic E-state index is -0.964. The van der Waals surface area contributed by atoms with Crippen LogP contribution in [0.3, 0.4) is 0 Å². The van der Waals surface area contributed by atoms with Crippen LogP contribution in [0.15, 0.2) is 52.8 Å². The minimum Gasteiger partial charge on any atom is -0.324 e. The molecule has 0 unspecified atom stereocenters. The summed E-state index contributed by atoms with van der Waals surface area (Å²) in [5.41, 5.74) is 3.03. The normalized spacial score (nSPS) is 20.1. The van der Waals surface area contributed by atoms with E-state index in [2.05, 4.69) is 22.6 Å². The Hall–Kier alpha value is -3.26. The molecule has 2 aromatic carbocycles. The van der Waals surface area contributed by atoms with E-state index in [0.29, 0.717) is 16.4 Å². The molecule has 154 valence electrons. The predicted molar refractivity (Wildman–Crippen MR) is 112 cm³/mol. The number of carbonyl (C=O) groups is 3. The second kappa shape index (κ2) is 7.87. The van der Waals surface area contributed by atoms with Gasteiger partial charge in [0.2, 0.25) is 5.91 Å². The zero-order valence-corrected chi connectivity index (χ0v) is 17.3. The van der Waals surface area contributed by atoms with Crippen molar-refractivity contribution < 1.29 is 14.4 Å². The van der Waals surface area contributed by atoms with Crippen molar-refractivity contribution in [3.63, 3.8) is 0 Å². The lowest BCUT2D eigenvalue weighted by molar-refractivity contribution is -0.123. The smallest absolute Gasteiger partial charge is 0.263 e. The predicted octanol–water partition coefficient (Wildman–Crippen LogP) is 3.14. The number of halogens is 1. The molecule has 8 nitrogen and oxygen atoms in total. The van der Waals surface area contributed by atoms with Gasteiger partial charge in [0, 0.05) is 10.7 Å². The molecule has 30 heavy (non-hydrogen) atoms. The van der Waals surface area contributed by atoms with Crippen LogP contribution in [0.2, 0.25) is 5.02 Å². The molecule has 2 heterocycles. The van der Waals surface area contributed by atoms with Crippen LogP contribution in [-0.2, 0) is 20.8 Å². The summed E-state index contributed by atoms with van der Waals surface area (Å²) in [5, 5.41) is 12.3. The summed E-state index contributed by atoms with van der Waals surface area (Å²) in [7, 11) is 0. The topological polar surface area (TPSA) is 94.4 Å². The molecular weight excluding hydrogens is 406 g/mol. The van der Waals surface area contributed by atoms with Gasteiger partial charge in [-0.3, -0.25) is 19.4 Å². The number of hydrogen-bond donors (Lipinski definition) is 1. The summed E-state index contributed by atoms with van der Waals surface area (Å²) in [6, 6.07) is 10.6. The van der Waals surface area contributed by atoms with Gasteiger partial charge in [0.05, 0.1) is 5.69 Å². The summed E-state index contributed by atoms with van der Waals surface area (Å²) in [6.45, 7) is 3.69. The molecule has 3 amide bonds. The van der Waals surface area contributed by atoms with Crippen LogP contribution in [0.25, 0.3) is 0 Å². The van der Waals surface area contributed by atoms with E-state index in [1.165, 1.54) is 5.01 Å². The van der Waals surface area contributed by atoms with Crippen LogP contribution in [-0.4, -0.2) is 41.4 Å². The molecule has 0 aromatic heterocycles. The average molecular weight is 426 g/mol. The first-order valence-electron chi connectivity index (χ1n) is 9.59. The van der Waals surface area contributed by atoms with Gasteiger partial charge in [0.15, 0.2) is 12.1 Å². The number of aryl methyl sites for hydroxylation is 2. The summed E-state index contributed by atoms with van der Waals surface area (Å²) >= 11 is 6.15. The van der Waals surface area contributed by atoms with Crippen molar-refractivity contribution in [1.82, 2.24) is 5.01 Å². The van der Waals surface area contributed by atoms with Crippen molar-refractivity contribution in [2.75, 3.05) is 16.8 Å². The number of carbonyl (C=O) groups excluding carboxylic acids is 3. The number of nitrogens with one attached hydrogen (secondary N) is 1. The van der Waals surface area contributed by atoms with Gasteiger partial charge in [0.1, 0.15) is 6.54 Å². The second-order valence-electron chi connectivity index (χ2n) is 7.24. The lowest BCUT2D eigenvalue weighted by Crippen LogP contribution is -2.43. The third kappa shape index (κ3) is 3.54. The number of amides is 3. The first kappa shape index (κ1) is 20.0. The molecule has 1 fully saturated rings. The molecule has 4 rings (SSSR count). The number of fused-ring (bicyclic) bond motifs is 1. The van der Waals surface area contributed by atoms with E-state index in [4.69, 9.17) is 11.6 Å². The van der Waals surface area contributed by atoms with Crippen molar-refractivity contribution in [2.45, 2.75) is 32.4 Å². The lowest BCUT2D eigenvalue weighted by Gasteiger charge is -2.20. The molecule has 1 N–H and O–H groups in total. The first-order chi connectivity index (χ1) is 14.4. The number of imide groups is 1. The number of anilines is 2. The quantitative estimate of drug-likeness (QED) is 0.744. The maximum Gasteiger partial charge on any atom is 0.263 e. The van der Waals surface area contributed by atoms with Crippen LogP contribution in [0.4, 0.5) is 11.4 Å². The zero-order valence-electron chi connectivity index (χ0n) is 16.5. The Labute approximate surface area is 178 Å². The number of hydrogen-bond acceptors (Lipinski definition) is 6. The van der Waals surface area contributed by atoms with Crippen LogP contribution in [0.5, 0.6) is 0 Å². The highest BCUT2D eigenvalue weighted by Crippen LogP contribution is 2.33. The molecule has 2 atom stereocenters. The fourth-order valence-corrected chi connectivity index (χ4v) is 3.68. The molecule has 2 aliphatic rings. The van der Waals surface area contributed by atoms with E-state index >= 15 is 0 Å². The summed E-state index contributed by atoms with van der Waals surface area (Å²) in [4.78, 5) is 39.3. The summed E-state index contributed by atoms with van der Waals surface area (Å²) in [5.74, 6) is -1.31. The summed E-state index contributed by atoms with van der Waals surface area (Å²) in [6.07, 6.45) is 0.907. The molecule has 9 heteroatoms. The van der Waals surface area contributed by atoms with Crippen molar-refractivity contribution in [2.24, 2.45) is 10.3 Å². The zero-order chi connectivity index (χ0) is 21.4. The van der Waals surface area contributed by atoms with Crippen molar-refractivity contribution >= 4 is 40.7 Å². The summed E-state index contributed by atoms with van der Waals surface area (Å²) < 4.78 is 0. The van der Waals surface area contributed by atoms with Crippen LogP contribution in [0, 0.1) is 6.92 Å². The fraction of sp³-hybridized carbons (Fsp3) is 0.286. The van der Waals surface area contributed by atoms with Gasteiger partial charge < -0.3 is 5.32 Å². The van der Waals surface area contributed by atoms with Gasteiger partial charge in [-0.05, 0) is 48.7 Å². The third-order valence-corrected chi connectivity index (χ3v) is 5.63. The standard InChI is InChI=1S/C21H20ClN5O3/c1-3-13-5-7-14(8-6-13)23-17(28)11-26-19-18(24-25-26)20(29)27(21(19)30)15-9-4-12(2)16(22)10-15/h4-10,18-19H,3,11H2,1-2H3,(H,23,28)/t18-,19-/m0/s1. The number of rotatable bonds is 5.